The van der Waals surface area contributed by atoms with E-state index in [2.05, 4.69) is 20.7 Å². The molecule has 3 rings (SSSR count). The van der Waals surface area contributed by atoms with Gasteiger partial charge in [-0.25, -0.2) is 9.59 Å². The lowest BCUT2D eigenvalue weighted by Gasteiger charge is -2.13. The minimum Gasteiger partial charge on any atom is -0.459 e. The van der Waals surface area contributed by atoms with Gasteiger partial charge in [0, 0.05) is 16.8 Å². The third kappa shape index (κ3) is 4.13. The molecule has 3 amide bonds. The Balaban J connectivity index is 1.58. The van der Waals surface area contributed by atoms with Gasteiger partial charge in [-0.2, -0.15) is 0 Å². The predicted octanol–water partition coefficient (Wildman–Crippen LogP) is 4.49. The van der Waals surface area contributed by atoms with Gasteiger partial charge in [-0.3, -0.25) is 5.32 Å². The van der Waals surface area contributed by atoms with E-state index >= 15 is 0 Å². The Kier molecular flexibility index (Phi) is 5.07. The minimum atomic E-state index is -0.553. The van der Waals surface area contributed by atoms with Crippen molar-refractivity contribution in [3.63, 3.8) is 0 Å². The van der Waals surface area contributed by atoms with E-state index in [1.807, 2.05) is 37.3 Å². The maximum Gasteiger partial charge on any atom is 0.411 e. The summed E-state index contributed by atoms with van der Waals surface area (Å²) in [6.07, 6.45) is -0.553. The van der Waals surface area contributed by atoms with Crippen LogP contribution in [0.4, 0.5) is 21.0 Å². The minimum absolute atomic E-state index is 0.289. The number of hydrogen-bond donors (Lipinski definition) is 3. The molecule has 134 valence electrons. The highest BCUT2D eigenvalue weighted by Gasteiger charge is 2.14. The molecule has 0 aliphatic heterocycles. The van der Waals surface area contributed by atoms with E-state index in [-0.39, 0.29) is 12.1 Å². The second-order valence-corrected chi connectivity index (χ2v) is 5.70. The van der Waals surface area contributed by atoms with E-state index < -0.39 is 6.09 Å². The van der Waals surface area contributed by atoms with Crippen molar-refractivity contribution in [1.29, 1.82) is 0 Å². The molecule has 0 bridgehead atoms. The van der Waals surface area contributed by atoms with Crippen LogP contribution in [-0.2, 0) is 4.74 Å². The average molecular weight is 353 g/mol. The zero-order chi connectivity index (χ0) is 18.5. The number of hydrogen-bond acceptors (Lipinski definition) is 4. The molecule has 3 aromatic rings. The molecule has 1 atom stereocenters. The van der Waals surface area contributed by atoms with Gasteiger partial charge in [0.2, 0.25) is 0 Å². The zero-order valence-electron chi connectivity index (χ0n) is 14.4. The first-order chi connectivity index (χ1) is 12.5. The summed E-state index contributed by atoms with van der Waals surface area (Å²) >= 11 is 0. The number of carbonyl (C=O) groups excluding carboxylic acids is 2. The van der Waals surface area contributed by atoms with Crippen LogP contribution in [0.25, 0.3) is 11.0 Å². The molecule has 0 aliphatic rings. The van der Waals surface area contributed by atoms with Crippen molar-refractivity contribution in [1.82, 2.24) is 5.32 Å². The van der Waals surface area contributed by atoms with E-state index in [1.54, 1.807) is 24.3 Å². The lowest BCUT2D eigenvalue weighted by Crippen LogP contribution is -2.30. The van der Waals surface area contributed by atoms with Crippen LogP contribution >= 0.6 is 0 Å². The molecular weight excluding hydrogens is 334 g/mol. The standard InChI is InChI=1S/C19H19N3O4/c1-12(17-11-13-5-3-4-6-16(13)26-17)20-18(23)21-14-7-9-15(10-8-14)22-19(24)25-2/h3-12H,1-2H3,(H,22,24)(H2,20,21,23). The fourth-order valence-electron chi connectivity index (χ4n) is 2.46. The Labute approximate surface area is 150 Å². The Morgan fingerprint density at radius 3 is 2.31 bits per heavy atom. The Hall–Kier alpha value is -3.48. The highest BCUT2D eigenvalue weighted by Crippen LogP contribution is 2.23. The van der Waals surface area contributed by atoms with Crippen molar-refractivity contribution >= 4 is 34.5 Å². The molecule has 1 heterocycles. The lowest BCUT2D eigenvalue weighted by molar-refractivity contribution is 0.187. The van der Waals surface area contributed by atoms with Crippen LogP contribution in [0.2, 0.25) is 0 Å². The molecule has 1 aromatic heterocycles. The number of para-hydroxylation sites is 1. The first kappa shape index (κ1) is 17.3. The molecule has 7 nitrogen and oxygen atoms in total. The van der Waals surface area contributed by atoms with E-state index in [1.165, 1.54) is 7.11 Å². The number of methoxy groups -OCH3 is 1. The van der Waals surface area contributed by atoms with Gasteiger partial charge in [-0.15, -0.1) is 0 Å². The predicted molar refractivity (Wildman–Crippen MR) is 99.3 cm³/mol. The lowest BCUT2D eigenvalue weighted by atomic mass is 10.2. The molecule has 0 aliphatic carbocycles. The van der Waals surface area contributed by atoms with Gasteiger partial charge in [0.05, 0.1) is 13.2 Å². The maximum absolute atomic E-state index is 12.2. The first-order valence-corrected chi connectivity index (χ1v) is 8.06. The van der Waals surface area contributed by atoms with Gasteiger partial charge >= 0.3 is 12.1 Å². The zero-order valence-corrected chi connectivity index (χ0v) is 14.4. The van der Waals surface area contributed by atoms with E-state index in [4.69, 9.17) is 4.42 Å². The Morgan fingerprint density at radius 1 is 1.00 bits per heavy atom. The van der Waals surface area contributed by atoms with Crippen LogP contribution in [0.1, 0.15) is 18.7 Å². The maximum atomic E-state index is 12.2. The second-order valence-electron chi connectivity index (χ2n) is 5.70. The third-order valence-corrected chi connectivity index (χ3v) is 3.79. The number of benzene rings is 2. The summed E-state index contributed by atoms with van der Waals surface area (Å²) in [6.45, 7) is 1.85. The van der Waals surface area contributed by atoms with E-state index in [0.29, 0.717) is 17.1 Å². The summed E-state index contributed by atoms with van der Waals surface area (Å²) in [6, 6.07) is 15.6. The van der Waals surface area contributed by atoms with Gasteiger partial charge in [0.25, 0.3) is 0 Å². The summed E-state index contributed by atoms with van der Waals surface area (Å²) in [5, 5.41) is 9.09. The van der Waals surface area contributed by atoms with Crippen molar-refractivity contribution in [2.45, 2.75) is 13.0 Å². The van der Waals surface area contributed by atoms with Gasteiger partial charge in [0.15, 0.2) is 0 Å². The van der Waals surface area contributed by atoms with E-state index in [9.17, 15) is 9.59 Å². The molecule has 0 spiro atoms. The molecule has 7 heteroatoms. The molecule has 0 saturated carbocycles. The number of carbonyl (C=O) groups is 2. The summed E-state index contributed by atoms with van der Waals surface area (Å²) in [7, 11) is 1.29. The van der Waals surface area contributed by atoms with Crippen LogP contribution < -0.4 is 16.0 Å². The van der Waals surface area contributed by atoms with Crippen molar-refractivity contribution < 1.29 is 18.7 Å². The molecule has 26 heavy (non-hydrogen) atoms. The number of anilines is 2. The molecule has 0 radical (unpaired) electrons. The molecule has 1 unspecified atom stereocenters. The number of furan rings is 1. The number of fused-ring (bicyclic) bond motifs is 1. The van der Waals surface area contributed by atoms with Crippen molar-refractivity contribution in [3.8, 4) is 0 Å². The quantitative estimate of drug-likeness (QED) is 0.644. The molecule has 2 aromatic carbocycles. The fourth-order valence-corrected chi connectivity index (χ4v) is 2.46. The van der Waals surface area contributed by atoms with Crippen LogP contribution in [0.3, 0.4) is 0 Å². The monoisotopic (exact) mass is 353 g/mol. The Morgan fingerprint density at radius 2 is 1.65 bits per heavy atom. The highest BCUT2D eigenvalue weighted by atomic mass is 16.5. The topological polar surface area (TPSA) is 92.6 Å². The van der Waals surface area contributed by atoms with Crippen molar-refractivity contribution in [2.24, 2.45) is 0 Å². The summed E-state index contributed by atoms with van der Waals surface area (Å²) < 4.78 is 10.3. The normalized spacial score (nSPS) is 11.6. The summed E-state index contributed by atoms with van der Waals surface area (Å²) in [5.74, 6) is 0.680. The number of amides is 3. The first-order valence-electron chi connectivity index (χ1n) is 8.06. The number of nitrogens with one attached hydrogen (secondary N) is 3. The van der Waals surface area contributed by atoms with Gasteiger partial charge in [-0.1, -0.05) is 18.2 Å². The third-order valence-electron chi connectivity index (χ3n) is 3.79. The highest BCUT2D eigenvalue weighted by molar-refractivity contribution is 5.90. The SMILES string of the molecule is COC(=O)Nc1ccc(NC(=O)NC(C)c2cc3ccccc3o2)cc1. The number of rotatable bonds is 4. The van der Waals surface area contributed by atoms with Crippen LogP contribution in [0.15, 0.2) is 59.0 Å². The number of ether oxygens (including phenoxy) is 1. The largest absolute Gasteiger partial charge is 0.459 e. The van der Waals surface area contributed by atoms with Crippen LogP contribution in [0.5, 0.6) is 0 Å². The average Bonchev–Trinajstić information content (AvgIpc) is 3.07. The van der Waals surface area contributed by atoms with Gasteiger partial charge in [0.1, 0.15) is 11.3 Å². The Bertz CT molecular complexity index is 885. The van der Waals surface area contributed by atoms with Crippen LogP contribution in [-0.4, -0.2) is 19.2 Å². The summed E-state index contributed by atoms with van der Waals surface area (Å²) in [5.41, 5.74) is 1.94. The van der Waals surface area contributed by atoms with Gasteiger partial charge in [-0.05, 0) is 43.3 Å². The second kappa shape index (κ2) is 7.60. The molecule has 3 N–H and O–H groups in total. The van der Waals surface area contributed by atoms with Crippen molar-refractivity contribution in [2.75, 3.05) is 17.7 Å². The molecular formula is C19H19N3O4. The van der Waals surface area contributed by atoms with Gasteiger partial charge < -0.3 is 19.8 Å². The van der Waals surface area contributed by atoms with E-state index in [0.717, 1.165) is 11.0 Å². The fraction of sp³-hybridized carbons (Fsp3) is 0.158. The molecule has 0 fully saturated rings. The molecule has 0 saturated heterocycles. The van der Waals surface area contributed by atoms with Crippen LogP contribution in [0, 0.1) is 0 Å². The smallest absolute Gasteiger partial charge is 0.411 e. The summed E-state index contributed by atoms with van der Waals surface area (Å²) in [4.78, 5) is 23.3. The van der Waals surface area contributed by atoms with Crippen molar-refractivity contribution in [3.05, 3.63) is 60.4 Å². The number of urea groups is 1.